The lowest BCUT2D eigenvalue weighted by molar-refractivity contribution is 0.121. The first-order chi connectivity index (χ1) is 11.2. The number of rotatable bonds is 5. The first-order valence-electron chi connectivity index (χ1n) is 7.51. The molecule has 1 aromatic carbocycles. The Kier molecular flexibility index (Phi) is 5.40. The van der Waals surface area contributed by atoms with Crippen LogP contribution in [0.25, 0.3) is 0 Å². The third-order valence-electron chi connectivity index (χ3n) is 3.68. The molecule has 1 aliphatic heterocycles. The number of hydrogen-bond donors (Lipinski definition) is 0. The van der Waals surface area contributed by atoms with Gasteiger partial charge >= 0.3 is 0 Å². The van der Waals surface area contributed by atoms with E-state index in [0.717, 1.165) is 36.3 Å². The van der Waals surface area contributed by atoms with Crippen LogP contribution in [0.15, 0.2) is 23.4 Å². The molecule has 0 radical (unpaired) electrons. The third kappa shape index (κ3) is 3.79. The van der Waals surface area contributed by atoms with Crippen molar-refractivity contribution < 1.29 is 9.13 Å². The van der Waals surface area contributed by atoms with Crippen molar-refractivity contribution in [2.75, 3.05) is 31.2 Å². The van der Waals surface area contributed by atoms with Crippen molar-refractivity contribution in [3.63, 3.8) is 0 Å². The first kappa shape index (κ1) is 16.5. The second-order valence-electron chi connectivity index (χ2n) is 5.15. The summed E-state index contributed by atoms with van der Waals surface area (Å²) < 4.78 is 20.6. The number of morpholine rings is 1. The summed E-state index contributed by atoms with van der Waals surface area (Å²) in [6.07, 6.45) is 0. The number of ether oxygens (including phenoxy) is 1. The van der Waals surface area contributed by atoms with Crippen LogP contribution in [-0.2, 0) is 17.0 Å². The van der Waals surface area contributed by atoms with Gasteiger partial charge in [0.05, 0.1) is 13.2 Å². The van der Waals surface area contributed by atoms with Gasteiger partial charge in [-0.3, -0.25) is 4.57 Å². The molecule has 1 fully saturated rings. The topological polar surface area (TPSA) is 43.2 Å². The number of halogens is 2. The third-order valence-corrected chi connectivity index (χ3v) is 5.05. The van der Waals surface area contributed by atoms with Crippen molar-refractivity contribution in [2.24, 2.45) is 0 Å². The molecule has 1 aliphatic rings. The molecule has 0 aliphatic carbocycles. The minimum absolute atomic E-state index is 0.324. The van der Waals surface area contributed by atoms with E-state index in [1.165, 1.54) is 12.1 Å². The Balaban J connectivity index is 1.73. The maximum absolute atomic E-state index is 13.1. The Bertz CT molecular complexity index is 675. The molecule has 0 amide bonds. The molecule has 0 atom stereocenters. The van der Waals surface area contributed by atoms with Crippen molar-refractivity contribution in [2.45, 2.75) is 24.4 Å². The molecule has 3 rings (SSSR count). The molecule has 0 saturated carbocycles. The predicted molar refractivity (Wildman–Crippen MR) is 89.7 cm³/mol. The van der Waals surface area contributed by atoms with Crippen LogP contribution in [0.5, 0.6) is 0 Å². The average molecular weight is 357 g/mol. The normalized spacial score (nSPS) is 15.2. The number of thioether (sulfide) groups is 1. The number of nitrogens with zero attached hydrogens (tertiary/aromatic N) is 4. The summed E-state index contributed by atoms with van der Waals surface area (Å²) in [7, 11) is 0. The molecular formula is C15H18ClFN4OS. The molecule has 0 unspecified atom stereocenters. The standard InChI is InChI=1S/C15H18ClFN4OS/c1-2-21-14(20-5-7-22-8-6-20)18-19-15(21)23-10-11-3-4-12(17)9-13(11)16/h3-4,9H,2,5-8,10H2,1H3. The summed E-state index contributed by atoms with van der Waals surface area (Å²) in [5, 5.41) is 9.91. The highest BCUT2D eigenvalue weighted by atomic mass is 35.5. The summed E-state index contributed by atoms with van der Waals surface area (Å²) in [5.41, 5.74) is 0.886. The van der Waals surface area contributed by atoms with Gasteiger partial charge in [0.15, 0.2) is 5.16 Å². The lowest BCUT2D eigenvalue weighted by Gasteiger charge is -2.27. The van der Waals surface area contributed by atoms with Gasteiger partial charge in [0.25, 0.3) is 0 Å². The van der Waals surface area contributed by atoms with E-state index in [2.05, 4.69) is 26.6 Å². The van der Waals surface area contributed by atoms with E-state index in [1.807, 2.05) is 0 Å². The Morgan fingerprint density at radius 2 is 2.09 bits per heavy atom. The summed E-state index contributed by atoms with van der Waals surface area (Å²) in [4.78, 5) is 2.19. The molecule has 2 aromatic rings. The summed E-state index contributed by atoms with van der Waals surface area (Å²) in [5.74, 6) is 1.18. The second-order valence-corrected chi connectivity index (χ2v) is 6.50. The molecule has 5 nitrogen and oxygen atoms in total. The summed E-state index contributed by atoms with van der Waals surface area (Å²) in [6, 6.07) is 4.47. The van der Waals surface area contributed by atoms with Gasteiger partial charge in [-0.25, -0.2) is 4.39 Å². The van der Waals surface area contributed by atoms with E-state index in [9.17, 15) is 4.39 Å². The Morgan fingerprint density at radius 1 is 1.30 bits per heavy atom. The van der Waals surface area contributed by atoms with Crippen LogP contribution >= 0.6 is 23.4 Å². The van der Waals surface area contributed by atoms with Crippen LogP contribution in [0.1, 0.15) is 12.5 Å². The first-order valence-corrected chi connectivity index (χ1v) is 8.88. The molecule has 0 bridgehead atoms. The zero-order valence-corrected chi connectivity index (χ0v) is 14.4. The van der Waals surface area contributed by atoms with Gasteiger partial charge in [0, 0.05) is 30.4 Å². The van der Waals surface area contributed by atoms with E-state index >= 15 is 0 Å². The monoisotopic (exact) mass is 356 g/mol. The van der Waals surface area contributed by atoms with E-state index in [-0.39, 0.29) is 5.82 Å². The van der Waals surface area contributed by atoms with Gasteiger partial charge in [-0.1, -0.05) is 29.4 Å². The molecule has 0 spiro atoms. The number of hydrogen-bond acceptors (Lipinski definition) is 5. The molecule has 23 heavy (non-hydrogen) atoms. The lowest BCUT2D eigenvalue weighted by atomic mass is 10.2. The van der Waals surface area contributed by atoms with E-state index in [1.54, 1.807) is 17.8 Å². The molecule has 124 valence electrons. The smallest absolute Gasteiger partial charge is 0.228 e. The van der Waals surface area contributed by atoms with Gasteiger partial charge in [-0.05, 0) is 24.6 Å². The minimum Gasteiger partial charge on any atom is -0.378 e. The molecule has 8 heteroatoms. The van der Waals surface area contributed by atoms with Crippen molar-refractivity contribution in [1.82, 2.24) is 14.8 Å². The number of benzene rings is 1. The highest BCUT2D eigenvalue weighted by molar-refractivity contribution is 7.98. The highest BCUT2D eigenvalue weighted by Gasteiger charge is 2.19. The number of anilines is 1. The van der Waals surface area contributed by atoms with Crippen LogP contribution in [0.3, 0.4) is 0 Å². The largest absolute Gasteiger partial charge is 0.378 e. The summed E-state index contributed by atoms with van der Waals surface area (Å²) >= 11 is 7.63. The number of aromatic nitrogens is 3. The van der Waals surface area contributed by atoms with E-state index in [4.69, 9.17) is 16.3 Å². The van der Waals surface area contributed by atoms with Gasteiger partial charge < -0.3 is 9.64 Å². The average Bonchev–Trinajstić information content (AvgIpc) is 2.98. The van der Waals surface area contributed by atoms with Crippen LogP contribution in [0.4, 0.5) is 10.3 Å². The fourth-order valence-corrected chi connectivity index (χ4v) is 3.76. The fourth-order valence-electron chi connectivity index (χ4n) is 2.44. The van der Waals surface area contributed by atoms with Crippen LogP contribution in [0, 0.1) is 5.82 Å². The summed E-state index contributed by atoms with van der Waals surface area (Å²) in [6.45, 7) is 5.94. The Hall–Kier alpha value is -1.31. The van der Waals surface area contributed by atoms with E-state index < -0.39 is 0 Å². The van der Waals surface area contributed by atoms with Crippen LogP contribution in [-0.4, -0.2) is 41.1 Å². The second kappa shape index (κ2) is 7.51. The minimum atomic E-state index is -0.324. The van der Waals surface area contributed by atoms with Gasteiger partial charge in [-0.2, -0.15) is 0 Å². The van der Waals surface area contributed by atoms with Gasteiger partial charge in [-0.15, -0.1) is 10.2 Å². The van der Waals surface area contributed by atoms with E-state index in [0.29, 0.717) is 24.0 Å². The van der Waals surface area contributed by atoms with Gasteiger partial charge in [0.2, 0.25) is 5.95 Å². The molecule has 1 saturated heterocycles. The maximum atomic E-state index is 13.1. The van der Waals surface area contributed by atoms with Crippen molar-refractivity contribution >= 4 is 29.3 Å². The lowest BCUT2D eigenvalue weighted by Crippen LogP contribution is -2.38. The molecule has 2 heterocycles. The van der Waals surface area contributed by atoms with Gasteiger partial charge in [0.1, 0.15) is 5.82 Å². The molecule has 1 aromatic heterocycles. The fraction of sp³-hybridized carbons (Fsp3) is 0.467. The zero-order valence-electron chi connectivity index (χ0n) is 12.8. The zero-order chi connectivity index (χ0) is 16.2. The maximum Gasteiger partial charge on any atom is 0.228 e. The SMILES string of the molecule is CCn1c(SCc2ccc(F)cc2Cl)nnc1N1CCOCC1. The van der Waals surface area contributed by atoms with Crippen molar-refractivity contribution in [1.29, 1.82) is 0 Å². The van der Waals surface area contributed by atoms with Crippen molar-refractivity contribution in [3.05, 3.63) is 34.6 Å². The van der Waals surface area contributed by atoms with Crippen molar-refractivity contribution in [3.8, 4) is 0 Å². The molecule has 0 N–H and O–H groups in total. The van der Waals surface area contributed by atoms with Crippen LogP contribution < -0.4 is 4.90 Å². The Labute approximate surface area is 143 Å². The predicted octanol–water partition coefficient (Wildman–Crippen LogP) is 3.22. The quantitative estimate of drug-likeness (QED) is 0.769. The Morgan fingerprint density at radius 3 is 2.78 bits per heavy atom. The van der Waals surface area contributed by atoms with Crippen LogP contribution in [0.2, 0.25) is 5.02 Å². The molecular weight excluding hydrogens is 339 g/mol. The highest BCUT2D eigenvalue weighted by Crippen LogP contribution is 2.28.